The van der Waals surface area contributed by atoms with Crippen LogP contribution >= 0.6 is 0 Å². The number of H-pyrrole nitrogens is 1. The van der Waals surface area contributed by atoms with Gasteiger partial charge in [0, 0.05) is 48.4 Å². The van der Waals surface area contributed by atoms with Gasteiger partial charge in [0.05, 0.1) is 20.3 Å². The van der Waals surface area contributed by atoms with E-state index in [2.05, 4.69) is 17.1 Å². The standard InChI is InChI=1S/C21H26N2O4/c1-25-15-3-5-19-17(13-15)16-12-14(2-4-18(16)22-19)20(24)23-8-6-21(7-9-23)26-10-11-27-21/h3,5,13-14,22H,2,4,6-12H2,1H3. The number of aromatic nitrogens is 1. The summed E-state index contributed by atoms with van der Waals surface area (Å²) in [7, 11) is 1.69. The van der Waals surface area contributed by atoms with Gasteiger partial charge in [-0.25, -0.2) is 0 Å². The maximum atomic E-state index is 13.2. The van der Waals surface area contributed by atoms with Gasteiger partial charge >= 0.3 is 0 Å². The quantitative estimate of drug-likeness (QED) is 0.883. The SMILES string of the molecule is COc1ccc2[nH]c3c(c2c1)CC(C(=O)N1CCC2(CC1)OCCO2)CC3. The minimum Gasteiger partial charge on any atom is -0.497 e. The first-order valence-electron chi connectivity index (χ1n) is 9.92. The fourth-order valence-corrected chi connectivity index (χ4v) is 4.85. The summed E-state index contributed by atoms with van der Waals surface area (Å²) in [4.78, 5) is 18.7. The summed E-state index contributed by atoms with van der Waals surface area (Å²) >= 11 is 0. The lowest BCUT2D eigenvalue weighted by Gasteiger charge is -2.39. The van der Waals surface area contributed by atoms with Crippen LogP contribution in [0.25, 0.3) is 10.9 Å². The van der Waals surface area contributed by atoms with E-state index < -0.39 is 5.79 Å². The van der Waals surface area contributed by atoms with Gasteiger partial charge < -0.3 is 24.1 Å². The van der Waals surface area contributed by atoms with Crippen LogP contribution in [0.2, 0.25) is 0 Å². The van der Waals surface area contributed by atoms with E-state index in [0.29, 0.717) is 13.2 Å². The van der Waals surface area contributed by atoms with E-state index in [-0.39, 0.29) is 11.8 Å². The van der Waals surface area contributed by atoms with Crippen molar-refractivity contribution in [2.24, 2.45) is 5.92 Å². The Bertz CT molecular complexity index is 858. The highest BCUT2D eigenvalue weighted by Gasteiger charge is 2.42. The molecule has 1 N–H and O–H groups in total. The van der Waals surface area contributed by atoms with Crippen LogP contribution in [0.15, 0.2) is 18.2 Å². The smallest absolute Gasteiger partial charge is 0.226 e. The second-order valence-corrected chi connectivity index (χ2v) is 7.87. The number of aromatic amines is 1. The summed E-state index contributed by atoms with van der Waals surface area (Å²) in [5.74, 6) is 0.771. The summed E-state index contributed by atoms with van der Waals surface area (Å²) in [5, 5.41) is 1.19. The second kappa shape index (κ2) is 6.53. The molecule has 1 aromatic heterocycles. The van der Waals surface area contributed by atoms with Crippen molar-refractivity contribution >= 4 is 16.8 Å². The molecule has 1 atom stereocenters. The molecule has 0 saturated carbocycles. The normalized spacial score (nSPS) is 24.3. The maximum Gasteiger partial charge on any atom is 0.226 e. The molecule has 2 aliphatic heterocycles. The number of hydrogen-bond donors (Lipinski definition) is 1. The van der Waals surface area contributed by atoms with Crippen molar-refractivity contribution in [1.82, 2.24) is 9.88 Å². The zero-order valence-electron chi connectivity index (χ0n) is 15.8. The number of nitrogens with one attached hydrogen (secondary N) is 1. The Balaban J connectivity index is 1.32. The van der Waals surface area contributed by atoms with E-state index in [1.807, 2.05) is 11.0 Å². The van der Waals surface area contributed by atoms with Gasteiger partial charge in [-0.05, 0) is 43.0 Å². The number of aryl methyl sites for hydroxylation is 1. The Morgan fingerprint density at radius 3 is 2.78 bits per heavy atom. The fourth-order valence-electron chi connectivity index (χ4n) is 4.85. The molecule has 1 amide bonds. The summed E-state index contributed by atoms with van der Waals surface area (Å²) in [6, 6.07) is 6.12. The van der Waals surface area contributed by atoms with Crippen LogP contribution in [0.5, 0.6) is 5.75 Å². The van der Waals surface area contributed by atoms with E-state index in [0.717, 1.165) is 56.5 Å². The highest BCUT2D eigenvalue weighted by atomic mass is 16.7. The number of rotatable bonds is 2. The van der Waals surface area contributed by atoms with Gasteiger partial charge in [-0.1, -0.05) is 0 Å². The molecule has 1 unspecified atom stereocenters. The Morgan fingerprint density at radius 2 is 2.04 bits per heavy atom. The van der Waals surface area contributed by atoms with E-state index in [1.54, 1.807) is 7.11 Å². The van der Waals surface area contributed by atoms with E-state index in [4.69, 9.17) is 14.2 Å². The third-order valence-corrected chi connectivity index (χ3v) is 6.39. The zero-order chi connectivity index (χ0) is 18.4. The highest BCUT2D eigenvalue weighted by Crippen LogP contribution is 2.36. The van der Waals surface area contributed by atoms with Gasteiger partial charge in [-0.2, -0.15) is 0 Å². The van der Waals surface area contributed by atoms with Crippen molar-refractivity contribution in [3.63, 3.8) is 0 Å². The van der Waals surface area contributed by atoms with Gasteiger partial charge in [-0.3, -0.25) is 4.79 Å². The first kappa shape index (κ1) is 17.1. The number of methoxy groups -OCH3 is 1. The number of piperidine rings is 1. The Labute approximate surface area is 158 Å². The van der Waals surface area contributed by atoms with Crippen molar-refractivity contribution in [3.05, 3.63) is 29.5 Å². The summed E-state index contributed by atoms with van der Waals surface area (Å²) in [6.45, 7) is 2.79. The second-order valence-electron chi connectivity index (χ2n) is 7.87. The molecule has 3 heterocycles. The molecule has 1 aromatic carbocycles. The fraction of sp³-hybridized carbons (Fsp3) is 0.571. The van der Waals surface area contributed by atoms with E-state index in [1.165, 1.54) is 16.6 Å². The van der Waals surface area contributed by atoms with Gasteiger partial charge in [0.25, 0.3) is 0 Å². The van der Waals surface area contributed by atoms with Gasteiger partial charge in [0.1, 0.15) is 5.75 Å². The van der Waals surface area contributed by atoms with Crippen LogP contribution in [0.1, 0.15) is 30.5 Å². The lowest BCUT2D eigenvalue weighted by atomic mass is 9.85. The first-order chi connectivity index (χ1) is 13.2. The Kier molecular flexibility index (Phi) is 4.13. The molecule has 5 rings (SSSR count). The topological polar surface area (TPSA) is 63.8 Å². The van der Waals surface area contributed by atoms with Crippen molar-refractivity contribution < 1.29 is 19.0 Å². The minimum absolute atomic E-state index is 0.0576. The van der Waals surface area contributed by atoms with Crippen LogP contribution < -0.4 is 4.74 Å². The lowest BCUT2D eigenvalue weighted by Crippen LogP contribution is -2.49. The number of ether oxygens (including phenoxy) is 3. The average molecular weight is 370 g/mol. The molecule has 2 fully saturated rings. The van der Waals surface area contributed by atoms with E-state index >= 15 is 0 Å². The number of fused-ring (bicyclic) bond motifs is 3. The van der Waals surface area contributed by atoms with Crippen molar-refractivity contribution in [1.29, 1.82) is 0 Å². The van der Waals surface area contributed by atoms with E-state index in [9.17, 15) is 4.79 Å². The summed E-state index contributed by atoms with van der Waals surface area (Å²) in [5.41, 5.74) is 3.68. The molecule has 1 aliphatic carbocycles. The molecule has 6 nitrogen and oxygen atoms in total. The van der Waals surface area contributed by atoms with Crippen LogP contribution in [0.3, 0.4) is 0 Å². The van der Waals surface area contributed by atoms with Gasteiger partial charge in [-0.15, -0.1) is 0 Å². The third-order valence-electron chi connectivity index (χ3n) is 6.39. The van der Waals surface area contributed by atoms with Crippen molar-refractivity contribution in [2.75, 3.05) is 33.4 Å². The number of carbonyl (C=O) groups excluding carboxylic acids is 1. The van der Waals surface area contributed by atoms with Crippen LogP contribution in [-0.4, -0.2) is 55.0 Å². The number of nitrogens with zero attached hydrogens (tertiary/aromatic N) is 1. The highest BCUT2D eigenvalue weighted by molar-refractivity contribution is 5.88. The number of benzene rings is 1. The molecule has 6 heteroatoms. The summed E-state index contributed by atoms with van der Waals surface area (Å²) < 4.78 is 17.0. The molecular formula is C21H26N2O4. The predicted molar refractivity (Wildman–Crippen MR) is 101 cm³/mol. The molecular weight excluding hydrogens is 344 g/mol. The number of carbonyl (C=O) groups is 1. The van der Waals surface area contributed by atoms with Gasteiger partial charge in [0.2, 0.25) is 5.91 Å². The minimum atomic E-state index is -0.427. The lowest BCUT2D eigenvalue weighted by molar-refractivity contribution is -0.188. The average Bonchev–Trinajstić information content (AvgIpc) is 3.31. The zero-order valence-corrected chi connectivity index (χ0v) is 15.8. The Morgan fingerprint density at radius 1 is 1.26 bits per heavy atom. The maximum absolute atomic E-state index is 13.2. The van der Waals surface area contributed by atoms with Crippen LogP contribution in [-0.2, 0) is 27.1 Å². The first-order valence-corrected chi connectivity index (χ1v) is 9.92. The monoisotopic (exact) mass is 370 g/mol. The van der Waals surface area contributed by atoms with Crippen molar-refractivity contribution in [3.8, 4) is 5.75 Å². The summed E-state index contributed by atoms with van der Waals surface area (Å²) in [6.07, 6.45) is 4.19. The molecule has 144 valence electrons. The number of likely N-dealkylation sites (tertiary alicyclic amines) is 1. The molecule has 2 aromatic rings. The van der Waals surface area contributed by atoms with Crippen LogP contribution in [0, 0.1) is 5.92 Å². The molecule has 0 bridgehead atoms. The third kappa shape index (κ3) is 2.91. The molecule has 2 saturated heterocycles. The largest absolute Gasteiger partial charge is 0.497 e. The predicted octanol–water partition coefficient (Wildman–Crippen LogP) is 2.65. The number of amides is 1. The van der Waals surface area contributed by atoms with Crippen molar-refractivity contribution in [2.45, 2.75) is 37.9 Å². The number of hydrogen-bond acceptors (Lipinski definition) is 4. The Hall–Kier alpha value is -2.05. The molecule has 27 heavy (non-hydrogen) atoms. The molecule has 0 radical (unpaired) electrons. The molecule has 3 aliphatic rings. The molecule has 1 spiro atoms. The van der Waals surface area contributed by atoms with Crippen LogP contribution in [0.4, 0.5) is 0 Å². The van der Waals surface area contributed by atoms with Gasteiger partial charge in [0.15, 0.2) is 5.79 Å².